The zero-order valence-corrected chi connectivity index (χ0v) is 14.1. The lowest BCUT2D eigenvalue weighted by atomic mass is 10.1. The summed E-state index contributed by atoms with van der Waals surface area (Å²) < 4.78 is 5.24. The molecule has 0 spiro atoms. The lowest BCUT2D eigenvalue weighted by Gasteiger charge is -2.26. The molecule has 0 aromatic heterocycles. The van der Waals surface area contributed by atoms with Crippen molar-refractivity contribution in [3.63, 3.8) is 0 Å². The van der Waals surface area contributed by atoms with Crippen LogP contribution in [0.3, 0.4) is 0 Å². The SMILES string of the molecule is CC(N)CCC(=O)Nc1ccc(C(=O)N2CCOCC2)cc1.Cl. The molecular formula is C16H24ClN3O3. The number of halogens is 1. The molecule has 3 N–H and O–H groups in total. The average molecular weight is 342 g/mol. The Morgan fingerprint density at radius 1 is 1.26 bits per heavy atom. The molecule has 1 aliphatic rings. The molecule has 0 aliphatic carbocycles. The maximum absolute atomic E-state index is 12.3. The molecule has 2 rings (SSSR count). The van der Waals surface area contributed by atoms with Crippen LogP contribution in [0.2, 0.25) is 0 Å². The molecule has 128 valence electrons. The second-order valence-corrected chi connectivity index (χ2v) is 5.55. The van der Waals surface area contributed by atoms with Gasteiger partial charge in [-0.15, -0.1) is 12.4 Å². The number of ether oxygens (including phenoxy) is 1. The Balaban J connectivity index is 0.00000264. The van der Waals surface area contributed by atoms with Crippen molar-refractivity contribution in [3.05, 3.63) is 29.8 Å². The Hall–Kier alpha value is -1.63. The summed E-state index contributed by atoms with van der Waals surface area (Å²) in [6.07, 6.45) is 1.05. The van der Waals surface area contributed by atoms with Crippen LogP contribution >= 0.6 is 12.4 Å². The molecule has 23 heavy (non-hydrogen) atoms. The van der Waals surface area contributed by atoms with Crippen LogP contribution < -0.4 is 11.1 Å². The Morgan fingerprint density at radius 2 is 1.87 bits per heavy atom. The highest BCUT2D eigenvalue weighted by Gasteiger charge is 2.18. The lowest BCUT2D eigenvalue weighted by Crippen LogP contribution is -2.40. The molecule has 1 fully saturated rings. The van der Waals surface area contributed by atoms with Gasteiger partial charge in [0, 0.05) is 36.8 Å². The number of nitrogens with zero attached hydrogens (tertiary/aromatic N) is 1. The number of morpholine rings is 1. The highest BCUT2D eigenvalue weighted by atomic mass is 35.5. The monoisotopic (exact) mass is 341 g/mol. The number of amides is 2. The predicted molar refractivity (Wildman–Crippen MR) is 91.9 cm³/mol. The number of carbonyl (C=O) groups excluding carboxylic acids is 2. The van der Waals surface area contributed by atoms with Gasteiger partial charge in [-0.1, -0.05) is 0 Å². The molecule has 1 aliphatic heterocycles. The van der Waals surface area contributed by atoms with E-state index >= 15 is 0 Å². The summed E-state index contributed by atoms with van der Waals surface area (Å²) in [4.78, 5) is 25.8. The minimum absolute atomic E-state index is 0. The Labute approximate surface area is 142 Å². The first-order chi connectivity index (χ1) is 10.6. The van der Waals surface area contributed by atoms with Crippen LogP contribution in [-0.4, -0.2) is 49.1 Å². The standard InChI is InChI=1S/C16H23N3O3.ClH/c1-12(17)2-7-15(20)18-14-5-3-13(4-6-14)16(21)19-8-10-22-11-9-19;/h3-6,12H,2,7-11,17H2,1H3,(H,18,20);1H. The third-order valence-corrected chi connectivity index (χ3v) is 3.54. The van der Waals surface area contributed by atoms with E-state index in [-0.39, 0.29) is 30.3 Å². The molecule has 0 saturated carbocycles. The van der Waals surface area contributed by atoms with Gasteiger partial charge in [-0.3, -0.25) is 9.59 Å². The average Bonchev–Trinajstić information content (AvgIpc) is 2.54. The Kier molecular flexibility index (Phi) is 8.02. The number of benzene rings is 1. The van der Waals surface area contributed by atoms with Gasteiger partial charge in [0.1, 0.15) is 0 Å². The molecule has 1 saturated heterocycles. The third-order valence-electron chi connectivity index (χ3n) is 3.54. The van der Waals surface area contributed by atoms with E-state index in [0.29, 0.717) is 50.4 Å². The van der Waals surface area contributed by atoms with Crippen LogP contribution in [0.15, 0.2) is 24.3 Å². The van der Waals surface area contributed by atoms with Crippen LogP contribution in [0.25, 0.3) is 0 Å². The fourth-order valence-electron chi connectivity index (χ4n) is 2.23. The number of nitrogens with two attached hydrogens (primary N) is 1. The molecule has 1 aromatic rings. The van der Waals surface area contributed by atoms with E-state index in [2.05, 4.69) is 5.32 Å². The smallest absolute Gasteiger partial charge is 0.254 e. The molecular weight excluding hydrogens is 318 g/mol. The van der Waals surface area contributed by atoms with Gasteiger partial charge >= 0.3 is 0 Å². The number of hydrogen-bond acceptors (Lipinski definition) is 4. The summed E-state index contributed by atoms with van der Waals surface area (Å²) in [7, 11) is 0. The molecule has 1 aromatic carbocycles. The number of anilines is 1. The van der Waals surface area contributed by atoms with Crippen LogP contribution in [0.1, 0.15) is 30.1 Å². The third kappa shape index (κ3) is 6.17. The molecule has 7 heteroatoms. The summed E-state index contributed by atoms with van der Waals surface area (Å²) in [5, 5.41) is 2.80. The van der Waals surface area contributed by atoms with Crippen LogP contribution in [0, 0.1) is 0 Å². The van der Waals surface area contributed by atoms with Crippen LogP contribution in [-0.2, 0) is 9.53 Å². The summed E-state index contributed by atoms with van der Waals surface area (Å²) in [6, 6.07) is 6.98. The van der Waals surface area contributed by atoms with E-state index in [0.717, 1.165) is 0 Å². The second-order valence-electron chi connectivity index (χ2n) is 5.55. The summed E-state index contributed by atoms with van der Waals surface area (Å²) in [6.45, 7) is 4.28. The van der Waals surface area contributed by atoms with Gasteiger partial charge in [0.05, 0.1) is 13.2 Å². The van der Waals surface area contributed by atoms with E-state index in [9.17, 15) is 9.59 Å². The minimum atomic E-state index is -0.0652. The Morgan fingerprint density at radius 3 is 2.43 bits per heavy atom. The number of hydrogen-bond donors (Lipinski definition) is 2. The van der Waals surface area contributed by atoms with Crippen LogP contribution in [0.4, 0.5) is 5.69 Å². The van der Waals surface area contributed by atoms with Gasteiger partial charge < -0.3 is 20.7 Å². The second kappa shape index (κ2) is 9.50. The molecule has 1 unspecified atom stereocenters. The van der Waals surface area contributed by atoms with Crippen molar-refractivity contribution in [2.45, 2.75) is 25.8 Å². The molecule has 1 heterocycles. The van der Waals surface area contributed by atoms with Crippen molar-refractivity contribution in [2.75, 3.05) is 31.6 Å². The quantitative estimate of drug-likeness (QED) is 0.852. The maximum atomic E-state index is 12.3. The number of rotatable bonds is 5. The van der Waals surface area contributed by atoms with E-state index < -0.39 is 0 Å². The molecule has 0 bridgehead atoms. The molecule has 0 radical (unpaired) electrons. The normalized spacial score (nSPS) is 15.5. The van der Waals surface area contributed by atoms with Crippen molar-refractivity contribution >= 4 is 29.9 Å². The van der Waals surface area contributed by atoms with E-state index in [1.54, 1.807) is 29.2 Å². The van der Waals surface area contributed by atoms with E-state index in [1.165, 1.54) is 0 Å². The van der Waals surface area contributed by atoms with Crippen molar-refractivity contribution < 1.29 is 14.3 Å². The number of carbonyl (C=O) groups is 2. The van der Waals surface area contributed by atoms with Gasteiger partial charge in [0.2, 0.25) is 5.91 Å². The van der Waals surface area contributed by atoms with Crippen molar-refractivity contribution in [3.8, 4) is 0 Å². The fraction of sp³-hybridized carbons (Fsp3) is 0.500. The predicted octanol–water partition coefficient (Wildman–Crippen LogP) is 1.65. The number of nitrogens with one attached hydrogen (secondary N) is 1. The largest absolute Gasteiger partial charge is 0.378 e. The first-order valence-electron chi connectivity index (χ1n) is 7.59. The molecule has 6 nitrogen and oxygen atoms in total. The molecule has 2 amide bonds. The first kappa shape index (κ1) is 19.4. The lowest BCUT2D eigenvalue weighted by molar-refractivity contribution is -0.116. The molecule has 1 atom stereocenters. The highest BCUT2D eigenvalue weighted by Crippen LogP contribution is 2.13. The highest BCUT2D eigenvalue weighted by molar-refractivity contribution is 5.95. The van der Waals surface area contributed by atoms with Gasteiger partial charge in [-0.05, 0) is 37.6 Å². The summed E-state index contributed by atoms with van der Waals surface area (Å²) in [5.74, 6) is -0.0670. The van der Waals surface area contributed by atoms with Gasteiger partial charge in [-0.25, -0.2) is 0 Å². The topological polar surface area (TPSA) is 84.7 Å². The van der Waals surface area contributed by atoms with Gasteiger partial charge in [-0.2, -0.15) is 0 Å². The zero-order chi connectivity index (χ0) is 15.9. The zero-order valence-electron chi connectivity index (χ0n) is 13.3. The fourth-order valence-corrected chi connectivity index (χ4v) is 2.23. The van der Waals surface area contributed by atoms with E-state index in [4.69, 9.17) is 10.5 Å². The van der Waals surface area contributed by atoms with Crippen molar-refractivity contribution in [2.24, 2.45) is 5.73 Å². The van der Waals surface area contributed by atoms with Crippen molar-refractivity contribution in [1.29, 1.82) is 0 Å². The minimum Gasteiger partial charge on any atom is -0.378 e. The van der Waals surface area contributed by atoms with E-state index in [1.807, 2.05) is 6.92 Å². The van der Waals surface area contributed by atoms with Crippen LogP contribution in [0.5, 0.6) is 0 Å². The maximum Gasteiger partial charge on any atom is 0.254 e. The summed E-state index contributed by atoms with van der Waals surface area (Å²) in [5.41, 5.74) is 6.94. The summed E-state index contributed by atoms with van der Waals surface area (Å²) >= 11 is 0. The first-order valence-corrected chi connectivity index (χ1v) is 7.59. The van der Waals surface area contributed by atoms with Gasteiger partial charge in [0.25, 0.3) is 5.91 Å². The Bertz CT molecular complexity index is 514. The van der Waals surface area contributed by atoms with Gasteiger partial charge in [0.15, 0.2) is 0 Å². The van der Waals surface area contributed by atoms with Crippen molar-refractivity contribution in [1.82, 2.24) is 4.90 Å².